The highest BCUT2D eigenvalue weighted by Crippen LogP contribution is 2.23. The van der Waals surface area contributed by atoms with Crippen molar-refractivity contribution in [2.75, 3.05) is 31.1 Å². The van der Waals surface area contributed by atoms with Crippen molar-refractivity contribution in [2.24, 2.45) is 14.1 Å². The van der Waals surface area contributed by atoms with E-state index in [4.69, 9.17) is 4.98 Å². The van der Waals surface area contributed by atoms with Crippen LogP contribution >= 0.6 is 15.9 Å². The molecule has 0 unspecified atom stereocenters. The van der Waals surface area contributed by atoms with Crippen LogP contribution < -0.4 is 16.1 Å². The van der Waals surface area contributed by atoms with Gasteiger partial charge in [0, 0.05) is 51.3 Å². The van der Waals surface area contributed by atoms with Crippen LogP contribution in [0.3, 0.4) is 0 Å². The second kappa shape index (κ2) is 9.43. The van der Waals surface area contributed by atoms with Crippen molar-refractivity contribution in [3.05, 3.63) is 90.8 Å². The van der Waals surface area contributed by atoms with Gasteiger partial charge in [-0.15, -0.1) is 0 Å². The first kappa shape index (κ1) is 23.5. The summed E-state index contributed by atoms with van der Waals surface area (Å²) in [5.41, 5.74) is 2.01. The Balaban J connectivity index is 1.48. The van der Waals surface area contributed by atoms with Crippen molar-refractivity contribution in [1.29, 1.82) is 0 Å². The third-order valence-corrected chi connectivity index (χ3v) is 7.09. The Morgan fingerprint density at radius 2 is 1.46 bits per heavy atom. The highest BCUT2D eigenvalue weighted by molar-refractivity contribution is 9.10. The largest absolute Gasteiger partial charge is 0.340 e. The van der Waals surface area contributed by atoms with Crippen LogP contribution in [0.1, 0.15) is 11.1 Å². The smallest absolute Gasteiger partial charge is 0.332 e. The van der Waals surface area contributed by atoms with Crippen LogP contribution in [0.2, 0.25) is 0 Å². The molecule has 0 atom stereocenters. The number of piperazine rings is 1. The monoisotopic (exact) mass is 540 g/mol. The minimum absolute atomic E-state index is 0.315. The molecule has 5 rings (SSSR count). The molecule has 0 aliphatic carbocycles. The van der Waals surface area contributed by atoms with Gasteiger partial charge in [-0.05, 0) is 35.4 Å². The number of anilines is 1. The number of hydrogen-bond acceptors (Lipinski definition) is 5. The highest BCUT2D eigenvalue weighted by Gasteiger charge is 2.26. The van der Waals surface area contributed by atoms with Gasteiger partial charge in [0.1, 0.15) is 5.82 Å². The molecule has 1 fully saturated rings. The maximum atomic E-state index is 13.5. The molecule has 0 bridgehead atoms. The van der Waals surface area contributed by atoms with E-state index in [1.807, 2.05) is 16.7 Å². The molecular weight excluding hydrogens is 515 g/mol. The zero-order valence-electron chi connectivity index (χ0n) is 19.6. The van der Waals surface area contributed by atoms with E-state index in [2.05, 4.69) is 37.9 Å². The van der Waals surface area contributed by atoms with Crippen molar-refractivity contribution in [2.45, 2.75) is 13.1 Å². The fourth-order valence-corrected chi connectivity index (χ4v) is 4.82. The van der Waals surface area contributed by atoms with E-state index in [1.54, 1.807) is 19.2 Å². The van der Waals surface area contributed by atoms with Crippen molar-refractivity contribution >= 4 is 33.0 Å². The molecule has 4 aromatic rings. The van der Waals surface area contributed by atoms with E-state index in [0.29, 0.717) is 23.7 Å². The molecule has 0 radical (unpaired) electrons. The number of rotatable bonds is 5. The molecule has 2 aromatic heterocycles. The molecule has 0 N–H and O–H groups in total. The first-order valence-corrected chi connectivity index (χ1v) is 12.2. The van der Waals surface area contributed by atoms with Gasteiger partial charge in [-0.25, -0.2) is 9.18 Å². The molecule has 1 aliphatic heterocycles. The molecule has 0 amide bonds. The molecular formula is C25H26BrFN6O2. The Morgan fingerprint density at radius 3 is 2.11 bits per heavy atom. The van der Waals surface area contributed by atoms with E-state index in [-0.39, 0.29) is 5.82 Å². The third-order valence-electron chi connectivity index (χ3n) is 6.56. The summed E-state index contributed by atoms with van der Waals surface area (Å²) in [6.45, 7) is 4.36. The molecule has 0 saturated carbocycles. The summed E-state index contributed by atoms with van der Waals surface area (Å²) in [4.78, 5) is 35.0. The lowest BCUT2D eigenvalue weighted by Gasteiger charge is -2.35. The number of halogens is 2. The lowest BCUT2D eigenvalue weighted by molar-refractivity contribution is 0.248. The SMILES string of the molecule is Cn1c(=O)c2c(nc(N3CCN(Cc4ccc(Br)cc4)CC3)n2Cc2ccc(F)cc2)n(C)c1=O. The summed E-state index contributed by atoms with van der Waals surface area (Å²) in [5.74, 6) is 0.329. The highest BCUT2D eigenvalue weighted by atomic mass is 79.9. The Morgan fingerprint density at radius 1 is 0.857 bits per heavy atom. The van der Waals surface area contributed by atoms with E-state index in [0.717, 1.165) is 47.3 Å². The van der Waals surface area contributed by atoms with Gasteiger partial charge in [-0.3, -0.25) is 23.4 Å². The Bertz CT molecular complexity index is 1480. The van der Waals surface area contributed by atoms with Crippen LogP contribution in [-0.2, 0) is 27.2 Å². The number of nitrogens with zero attached hydrogens (tertiary/aromatic N) is 6. The molecule has 0 spiro atoms. The number of aryl methyl sites for hydroxylation is 1. The maximum Gasteiger partial charge on any atom is 0.332 e. The van der Waals surface area contributed by atoms with Gasteiger partial charge in [-0.2, -0.15) is 4.98 Å². The molecule has 3 heterocycles. The summed E-state index contributed by atoms with van der Waals surface area (Å²) in [6, 6.07) is 14.6. The molecule has 35 heavy (non-hydrogen) atoms. The summed E-state index contributed by atoms with van der Waals surface area (Å²) in [6.07, 6.45) is 0. The quantitative estimate of drug-likeness (QED) is 0.389. The van der Waals surface area contributed by atoms with Crippen molar-refractivity contribution in [1.82, 2.24) is 23.6 Å². The number of hydrogen-bond donors (Lipinski definition) is 0. The average Bonchev–Trinajstić information content (AvgIpc) is 3.24. The zero-order valence-corrected chi connectivity index (χ0v) is 21.2. The molecule has 10 heteroatoms. The Labute approximate surface area is 210 Å². The number of fused-ring (bicyclic) bond motifs is 1. The second-order valence-electron chi connectivity index (χ2n) is 8.89. The maximum absolute atomic E-state index is 13.5. The van der Waals surface area contributed by atoms with Crippen LogP contribution in [0, 0.1) is 5.82 Å². The molecule has 182 valence electrons. The van der Waals surface area contributed by atoms with Crippen LogP contribution in [0.15, 0.2) is 62.6 Å². The van der Waals surface area contributed by atoms with Gasteiger partial charge in [0.15, 0.2) is 11.2 Å². The standard InChI is InChI=1S/C25H26BrFN6O2/c1-29-22-21(23(34)30(2)25(29)35)33(16-18-5-9-20(27)10-6-18)24(28-22)32-13-11-31(12-14-32)15-17-3-7-19(26)8-4-17/h3-10H,11-16H2,1-2H3. The van der Waals surface area contributed by atoms with Crippen molar-refractivity contribution in [3.8, 4) is 0 Å². The van der Waals surface area contributed by atoms with Crippen molar-refractivity contribution < 1.29 is 4.39 Å². The van der Waals surface area contributed by atoms with Gasteiger partial charge in [-0.1, -0.05) is 40.2 Å². The third kappa shape index (κ3) is 4.55. The average molecular weight is 541 g/mol. The van der Waals surface area contributed by atoms with Crippen LogP contribution in [0.25, 0.3) is 11.2 Å². The topological polar surface area (TPSA) is 68.3 Å². The fraction of sp³-hybridized carbons (Fsp3) is 0.320. The number of aromatic nitrogens is 4. The predicted octanol–water partition coefficient (Wildman–Crippen LogP) is 2.71. The van der Waals surface area contributed by atoms with Gasteiger partial charge < -0.3 is 4.90 Å². The zero-order chi connectivity index (χ0) is 24.7. The number of benzene rings is 2. The summed E-state index contributed by atoms with van der Waals surface area (Å²) in [7, 11) is 3.10. The Hall–Kier alpha value is -3.24. The van der Waals surface area contributed by atoms with Crippen LogP contribution in [0.4, 0.5) is 10.3 Å². The normalized spacial score (nSPS) is 14.7. The van der Waals surface area contributed by atoms with Gasteiger partial charge in [0.05, 0.1) is 6.54 Å². The summed E-state index contributed by atoms with van der Waals surface area (Å²) >= 11 is 3.48. The van der Waals surface area contributed by atoms with Gasteiger partial charge in [0.25, 0.3) is 5.56 Å². The Kier molecular flexibility index (Phi) is 6.33. The van der Waals surface area contributed by atoms with E-state index in [1.165, 1.54) is 29.3 Å². The van der Waals surface area contributed by atoms with Crippen LogP contribution in [-0.4, -0.2) is 49.8 Å². The van der Waals surface area contributed by atoms with E-state index >= 15 is 0 Å². The summed E-state index contributed by atoms with van der Waals surface area (Å²) in [5, 5.41) is 0. The van der Waals surface area contributed by atoms with E-state index in [9.17, 15) is 14.0 Å². The van der Waals surface area contributed by atoms with Crippen molar-refractivity contribution in [3.63, 3.8) is 0 Å². The number of imidazole rings is 1. The van der Waals surface area contributed by atoms with Gasteiger partial charge in [0.2, 0.25) is 5.95 Å². The molecule has 1 saturated heterocycles. The van der Waals surface area contributed by atoms with Crippen LogP contribution in [0.5, 0.6) is 0 Å². The van der Waals surface area contributed by atoms with Gasteiger partial charge >= 0.3 is 5.69 Å². The first-order chi connectivity index (χ1) is 16.8. The van der Waals surface area contributed by atoms with E-state index < -0.39 is 11.2 Å². The second-order valence-corrected chi connectivity index (χ2v) is 9.81. The first-order valence-electron chi connectivity index (χ1n) is 11.4. The molecule has 8 nitrogen and oxygen atoms in total. The summed E-state index contributed by atoms with van der Waals surface area (Å²) < 4.78 is 18.9. The molecule has 1 aliphatic rings. The molecule has 2 aromatic carbocycles. The fourth-order valence-electron chi connectivity index (χ4n) is 4.55. The lowest BCUT2D eigenvalue weighted by atomic mass is 10.2. The minimum Gasteiger partial charge on any atom is -0.340 e. The predicted molar refractivity (Wildman–Crippen MR) is 137 cm³/mol. The minimum atomic E-state index is -0.417. The lowest BCUT2D eigenvalue weighted by Crippen LogP contribution is -2.47.